The van der Waals surface area contributed by atoms with Gasteiger partial charge < -0.3 is 24.1 Å². The van der Waals surface area contributed by atoms with Crippen LogP contribution in [0.2, 0.25) is 0 Å². The Kier molecular flexibility index (Phi) is 5.25. The van der Waals surface area contributed by atoms with Gasteiger partial charge in [0.2, 0.25) is 17.5 Å². The van der Waals surface area contributed by atoms with E-state index in [1.807, 2.05) is 6.07 Å². The standard InChI is InChI=1S/C19H19N3O5/c1-11-20-18(22-27-11)12-6-5-7-14(8-12)21-19(23)13-9-15(24-2)17(26-4)16(10-13)25-3/h5-10H,1-4H3,(H,21,23). The number of carbonyl (C=O) groups is 1. The Morgan fingerprint density at radius 3 is 2.30 bits per heavy atom. The molecule has 8 heteroatoms. The van der Waals surface area contributed by atoms with Crippen molar-refractivity contribution in [2.24, 2.45) is 0 Å². The van der Waals surface area contributed by atoms with Gasteiger partial charge in [0.15, 0.2) is 11.5 Å². The fourth-order valence-corrected chi connectivity index (χ4v) is 2.57. The van der Waals surface area contributed by atoms with Gasteiger partial charge in [-0.25, -0.2) is 0 Å². The van der Waals surface area contributed by atoms with E-state index in [1.165, 1.54) is 21.3 Å². The van der Waals surface area contributed by atoms with Gasteiger partial charge in [-0.3, -0.25) is 4.79 Å². The highest BCUT2D eigenvalue weighted by molar-refractivity contribution is 6.05. The van der Waals surface area contributed by atoms with Gasteiger partial charge >= 0.3 is 0 Å². The summed E-state index contributed by atoms with van der Waals surface area (Å²) in [7, 11) is 4.50. The molecule has 8 nitrogen and oxygen atoms in total. The molecule has 0 unspecified atom stereocenters. The molecule has 0 bridgehead atoms. The maximum Gasteiger partial charge on any atom is 0.255 e. The van der Waals surface area contributed by atoms with E-state index in [0.717, 1.165) is 5.56 Å². The molecule has 3 rings (SSSR count). The van der Waals surface area contributed by atoms with Gasteiger partial charge in [0.1, 0.15) is 0 Å². The van der Waals surface area contributed by atoms with E-state index in [9.17, 15) is 4.79 Å². The molecule has 27 heavy (non-hydrogen) atoms. The average Bonchev–Trinajstić information content (AvgIpc) is 3.13. The van der Waals surface area contributed by atoms with Crippen LogP contribution < -0.4 is 19.5 Å². The lowest BCUT2D eigenvalue weighted by molar-refractivity contribution is 0.102. The number of aromatic nitrogens is 2. The van der Waals surface area contributed by atoms with Gasteiger partial charge in [-0.15, -0.1) is 0 Å². The third-order valence-corrected chi connectivity index (χ3v) is 3.83. The Labute approximate surface area is 156 Å². The summed E-state index contributed by atoms with van der Waals surface area (Å²) < 4.78 is 20.8. The Hall–Kier alpha value is -3.55. The highest BCUT2D eigenvalue weighted by Gasteiger charge is 2.17. The van der Waals surface area contributed by atoms with E-state index in [-0.39, 0.29) is 5.91 Å². The molecule has 1 heterocycles. The predicted octanol–water partition coefficient (Wildman–Crippen LogP) is 3.32. The summed E-state index contributed by atoms with van der Waals surface area (Å²) in [5.74, 6) is 1.83. The summed E-state index contributed by atoms with van der Waals surface area (Å²) in [5.41, 5.74) is 1.69. The number of hydrogen-bond donors (Lipinski definition) is 1. The molecule has 0 fully saturated rings. The van der Waals surface area contributed by atoms with Crippen LogP contribution in [0.15, 0.2) is 40.9 Å². The minimum absolute atomic E-state index is 0.323. The van der Waals surface area contributed by atoms with Gasteiger partial charge in [-0.05, 0) is 24.3 Å². The first kappa shape index (κ1) is 18.2. The van der Waals surface area contributed by atoms with Gasteiger partial charge in [0.25, 0.3) is 5.91 Å². The first-order chi connectivity index (χ1) is 13.0. The van der Waals surface area contributed by atoms with Crippen LogP contribution >= 0.6 is 0 Å². The van der Waals surface area contributed by atoms with Crippen LogP contribution in [-0.2, 0) is 0 Å². The number of nitrogens with one attached hydrogen (secondary N) is 1. The van der Waals surface area contributed by atoms with Gasteiger partial charge in [0, 0.05) is 23.7 Å². The van der Waals surface area contributed by atoms with E-state index in [1.54, 1.807) is 37.3 Å². The Morgan fingerprint density at radius 1 is 1.04 bits per heavy atom. The van der Waals surface area contributed by atoms with Crippen LogP contribution in [0.4, 0.5) is 5.69 Å². The fourth-order valence-electron chi connectivity index (χ4n) is 2.57. The van der Waals surface area contributed by atoms with Gasteiger partial charge in [0.05, 0.1) is 21.3 Å². The quantitative estimate of drug-likeness (QED) is 0.712. The second-order valence-corrected chi connectivity index (χ2v) is 5.59. The third kappa shape index (κ3) is 3.84. The van der Waals surface area contributed by atoms with E-state index < -0.39 is 0 Å². The molecule has 3 aromatic rings. The minimum Gasteiger partial charge on any atom is -0.493 e. The summed E-state index contributed by atoms with van der Waals surface area (Å²) in [6.45, 7) is 1.71. The molecule has 1 amide bonds. The van der Waals surface area contributed by atoms with E-state index >= 15 is 0 Å². The molecule has 0 saturated heterocycles. The molecule has 0 aliphatic carbocycles. The lowest BCUT2D eigenvalue weighted by atomic mass is 10.1. The molecule has 1 N–H and O–H groups in total. The van der Waals surface area contributed by atoms with Gasteiger partial charge in [-0.1, -0.05) is 17.3 Å². The molecule has 0 saturated carbocycles. The number of rotatable bonds is 6. The zero-order valence-corrected chi connectivity index (χ0v) is 15.4. The SMILES string of the molecule is COc1cc(C(=O)Nc2cccc(-c3noc(C)n3)c2)cc(OC)c1OC. The van der Waals surface area contributed by atoms with Crippen molar-refractivity contribution in [1.82, 2.24) is 10.1 Å². The number of hydrogen-bond acceptors (Lipinski definition) is 7. The molecule has 0 aliphatic heterocycles. The number of nitrogens with zero attached hydrogens (tertiary/aromatic N) is 2. The van der Waals surface area contributed by atoms with Crippen molar-refractivity contribution < 1.29 is 23.5 Å². The van der Waals surface area contributed by atoms with Crippen molar-refractivity contribution in [2.75, 3.05) is 26.6 Å². The van der Waals surface area contributed by atoms with Crippen LogP contribution in [0, 0.1) is 6.92 Å². The average molecular weight is 369 g/mol. The van der Waals surface area contributed by atoms with Crippen LogP contribution in [-0.4, -0.2) is 37.4 Å². The second kappa shape index (κ2) is 7.77. The number of anilines is 1. The number of benzene rings is 2. The fraction of sp³-hybridized carbons (Fsp3) is 0.211. The third-order valence-electron chi connectivity index (χ3n) is 3.83. The Morgan fingerprint density at radius 2 is 1.74 bits per heavy atom. The molecule has 2 aromatic carbocycles. The predicted molar refractivity (Wildman–Crippen MR) is 98.5 cm³/mol. The first-order valence-corrected chi connectivity index (χ1v) is 8.07. The zero-order valence-electron chi connectivity index (χ0n) is 15.4. The van der Waals surface area contributed by atoms with Crippen LogP contribution in [0.25, 0.3) is 11.4 Å². The van der Waals surface area contributed by atoms with Crippen molar-refractivity contribution in [1.29, 1.82) is 0 Å². The van der Waals surface area contributed by atoms with Crippen molar-refractivity contribution in [3.63, 3.8) is 0 Å². The lowest BCUT2D eigenvalue weighted by Crippen LogP contribution is -2.12. The highest BCUT2D eigenvalue weighted by atomic mass is 16.5. The van der Waals surface area contributed by atoms with Crippen molar-refractivity contribution in [3.05, 3.63) is 47.9 Å². The highest BCUT2D eigenvalue weighted by Crippen LogP contribution is 2.38. The van der Waals surface area contributed by atoms with Crippen LogP contribution in [0.5, 0.6) is 17.2 Å². The van der Waals surface area contributed by atoms with E-state index in [0.29, 0.717) is 40.2 Å². The molecule has 1 aromatic heterocycles. The number of aryl methyl sites for hydroxylation is 1. The normalized spacial score (nSPS) is 10.4. The van der Waals surface area contributed by atoms with Crippen molar-refractivity contribution in [3.8, 4) is 28.6 Å². The number of ether oxygens (including phenoxy) is 3. The first-order valence-electron chi connectivity index (χ1n) is 8.07. The minimum atomic E-state index is -0.323. The molecular weight excluding hydrogens is 350 g/mol. The summed E-state index contributed by atoms with van der Waals surface area (Å²) in [4.78, 5) is 16.9. The van der Waals surface area contributed by atoms with Crippen LogP contribution in [0.1, 0.15) is 16.2 Å². The Balaban J connectivity index is 1.87. The lowest BCUT2D eigenvalue weighted by Gasteiger charge is -2.14. The van der Waals surface area contributed by atoms with Crippen molar-refractivity contribution in [2.45, 2.75) is 6.92 Å². The summed E-state index contributed by atoms with van der Waals surface area (Å²) >= 11 is 0. The number of carbonyl (C=O) groups excluding carboxylic acids is 1. The molecule has 140 valence electrons. The molecule has 0 spiro atoms. The largest absolute Gasteiger partial charge is 0.493 e. The summed E-state index contributed by atoms with van der Waals surface area (Å²) in [5, 5.41) is 6.72. The molecule has 0 atom stereocenters. The number of methoxy groups -OCH3 is 3. The monoisotopic (exact) mass is 369 g/mol. The van der Waals surface area contributed by atoms with E-state index in [4.69, 9.17) is 18.7 Å². The summed E-state index contributed by atoms with van der Waals surface area (Å²) in [6, 6.07) is 10.3. The maximum absolute atomic E-state index is 12.7. The molecular formula is C19H19N3O5. The molecule has 0 radical (unpaired) electrons. The summed E-state index contributed by atoms with van der Waals surface area (Å²) in [6.07, 6.45) is 0. The zero-order chi connectivity index (χ0) is 19.4. The smallest absolute Gasteiger partial charge is 0.255 e. The maximum atomic E-state index is 12.7. The van der Waals surface area contributed by atoms with Gasteiger partial charge in [-0.2, -0.15) is 4.98 Å². The number of amides is 1. The molecule has 0 aliphatic rings. The second-order valence-electron chi connectivity index (χ2n) is 5.59. The van der Waals surface area contributed by atoms with E-state index in [2.05, 4.69) is 15.5 Å². The topological polar surface area (TPSA) is 95.7 Å². The van der Waals surface area contributed by atoms with Crippen molar-refractivity contribution >= 4 is 11.6 Å². The van der Waals surface area contributed by atoms with Crippen LogP contribution in [0.3, 0.4) is 0 Å². The Bertz CT molecular complexity index is 942.